The highest BCUT2D eigenvalue weighted by molar-refractivity contribution is 8.12. The Kier molecular flexibility index (Phi) is 5.23. The molecule has 2 heterocycles. The van der Waals surface area contributed by atoms with E-state index in [1.54, 1.807) is 0 Å². The van der Waals surface area contributed by atoms with Crippen molar-refractivity contribution in [2.75, 3.05) is 0 Å². The van der Waals surface area contributed by atoms with Crippen LogP contribution in [0.25, 0.3) is 0 Å². The summed E-state index contributed by atoms with van der Waals surface area (Å²) in [5.74, 6) is 0. The Morgan fingerprint density at radius 2 is 1.71 bits per heavy atom. The maximum Gasteiger partial charge on any atom is 0.403 e. The fraction of sp³-hybridized carbons (Fsp3) is 0.435. The van der Waals surface area contributed by atoms with Crippen LogP contribution < -0.4 is 0 Å². The smallest absolute Gasteiger partial charge is 0.403 e. The topological polar surface area (TPSA) is 68.2 Å². The highest BCUT2D eigenvalue weighted by Crippen LogP contribution is 2.60. The first-order valence-electron chi connectivity index (χ1n) is 10.7. The van der Waals surface area contributed by atoms with Gasteiger partial charge in [0.2, 0.25) is 5.72 Å². The van der Waals surface area contributed by atoms with Crippen molar-refractivity contribution in [3.8, 4) is 0 Å². The summed E-state index contributed by atoms with van der Waals surface area (Å²) in [6, 6.07) is 18.5. The van der Waals surface area contributed by atoms with Crippen LogP contribution in [0.15, 0.2) is 59.0 Å². The van der Waals surface area contributed by atoms with Crippen molar-refractivity contribution in [3.05, 3.63) is 71.3 Å². The van der Waals surface area contributed by atoms with Crippen LogP contribution >= 0.6 is 10.7 Å². The van der Waals surface area contributed by atoms with E-state index >= 15 is 0 Å². The number of fused-ring (bicyclic) bond motifs is 1. The molecule has 5 rings (SSSR count). The molecule has 2 aliphatic heterocycles. The molecule has 0 spiro atoms. The number of hydrogen-bond donors (Lipinski definition) is 0. The van der Waals surface area contributed by atoms with Crippen molar-refractivity contribution in [2.24, 2.45) is 4.40 Å². The predicted molar refractivity (Wildman–Crippen MR) is 119 cm³/mol. The fourth-order valence-electron chi connectivity index (χ4n) is 5.29. The summed E-state index contributed by atoms with van der Waals surface area (Å²) in [4.78, 5) is 2.38. The van der Waals surface area contributed by atoms with Gasteiger partial charge in [0, 0.05) is 22.3 Å². The lowest BCUT2D eigenvalue weighted by Crippen LogP contribution is -2.71. The first-order chi connectivity index (χ1) is 14.9. The van der Waals surface area contributed by atoms with Crippen LogP contribution in [0, 0.1) is 6.92 Å². The van der Waals surface area contributed by atoms with Gasteiger partial charge in [-0.25, -0.2) is 4.90 Å². The number of rotatable bonds is 4. The quantitative estimate of drug-likeness (QED) is 0.613. The summed E-state index contributed by atoms with van der Waals surface area (Å²) in [5, 5.41) is 0. The van der Waals surface area contributed by atoms with Gasteiger partial charge in [-0.1, -0.05) is 83.8 Å². The molecule has 8 heteroatoms. The molecule has 2 saturated heterocycles. The molecule has 3 aliphatic rings. The largest absolute Gasteiger partial charge is 0.438 e. The third-order valence-corrected chi connectivity index (χ3v) is 7.16. The minimum Gasteiger partial charge on any atom is -0.438 e. The molecule has 3 fully saturated rings. The number of hydrogen-bond acceptors (Lipinski definition) is 5. The standard InChI is InChI=1S/C23H25ClN2O4S/c1-16-12-14-18(15-13-16)23-21(29-22(30-23)25-31(24,27)28)20(17-8-4-2-5-9-17)26(23)19-10-6-3-7-11-19/h2,4-5,8-9,12-15,19-21H,3,6-7,10-11H2,1H3/b25-22-. The van der Waals surface area contributed by atoms with Gasteiger partial charge in [-0.05, 0) is 25.3 Å². The molecule has 6 nitrogen and oxygen atoms in total. The molecule has 164 valence electrons. The van der Waals surface area contributed by atoms with E-state index < -0.39 is 21.1 Å². The molecular weight excluding hydrogens is 436 g/mol. The number of nitrogens with zero attached hydrogens (tertiary/aromatic N) is 2. The highest BCUT2D eigenvalue weighted by atomic mass is 35.7. The summed E-state index contributed by atoms with van der Waals surface area (Å²) >= 11 is 0. The molecule has 0 radical (unpaired) electrons. The number of aryl methyl sites for hydroxylation is 1. The number of halogens is 1. The van der Waals surface area contributed by atoms with Crippen LogP contribution in [0.2, 0.25) is 0 Å². The maximum atomic E-state index is 11.6. The van der Waals surface area contributed by atoms with Crippen molar-refractivity contribution >= 4 is 26.0 Å². The van der Waals surface area contributed by atoms with Crippen LogP contribution in [-0.2, 0) is 24.4 Å². The van der Waals surface area contributed by atoms with E-state index in [1.165, 1.54) is 6.42 Å². The minimum absolute atomic E-state index is 0.0728. The average molecular weight is 461 g/mol. The van der Waals surface area contributed by atoms with E-state index in [1.807, 2.05) is 49.4 Å². The second-order valence-corrected chi connectivity index (χ2v) is 10.7. The van der Waals surface area contributed by atoms with Gasteiger partial charge in [-0.3, -0.25) is 0 Å². The van der Waals surface area contributed by atoms with Crippen molar-refractivity contribution in [1.29, 1.82) is 0 Å². The van der Waals surface area contributed by atoms with E-state index in [0.29, 0.717) is 6.04 Å². The Bertz CT molecular complexity index is 1080. The lowest BCUT2D eigenvalue weighted by molar-refractivity contribution is -0.265. The summed E-state index contributed by atoms with van der Waals surface area (Å²) in [5.41, 5.74) is 2.24. The Hall–Kier alpha value is -2.09. The summed E-state index contributed by atoms with van der Waals surface area (Å²) in [7, 11) is 1.22. The SMILES string of the molecule is Cc1ccc(C23O/C(=N\S(=O)(=O)Cl)OC2C(c2ccccc2)N3C2CCCCC2)cc1. The van der Waals surface area contributed by atoms with E-state index in [2.05, 4.69) is 21.4 Å². The maximum absolute atomic E-state index is 11.6. The second-order valence-electron chi connectivity index (χ2n) is 8.53. The summed E-state index contributed by atoms with van der Waals surface area (Å²) in [6.45, 7) is 2.03. The monoisotopic (exact) mass is 460 g/mol. The zero-order valence-corrected chi connectivity index (χ0v) is 18.8. The molecular formula is C23H25ClN2O4S. The molecule has 0 bridgehead atoms. The highest BCUT2D eigenvalue weighted by Gasteiger charge is 2.72. The van der Waals surface area contributed by atoms with Crippen LogP contribution in [0.4, 0.5) is 0 Å². The van der Waals surface area contributed by atoms with E-state index in [4.69, 9.17) is 20.2 Å². The van der Waals surface area contributed by atoms with Gasteiger partial charge in [0.25, 0.3) is 0 Å². The Labute approximate surface area is 187 Å². The van der Waals surface area contributed by atoms with Gasteiger partial charge in [0.05, 0.1) is 6.04 Å². The molecule has 2 aromatic rings. The van der Waals surface area contributed by atoms with Gasteiger partial charge in [-0.2, -0.15) is 8.42 Å². The van der Waals surface area contributed by atoms with Crippen molar-refractivity contribution < 1.29 is 17.9 Å². The number of ether oxygens (including phenoxy) is 2. The van der Waals surface area contributed by atoms with Crippen LogP contribution in [0.3, 0.4) is 0 Å². The second kappa shape index (κ2) is 7.80. The van der Waals surface area contributed by atoms with Crippen molar-refractivity contribution in [1.82, 2.24) is 4.90 Å². The molecule has 2 aromatic carbocycles. The normalized spacial score (nSPS) is 30.3. The summed E-state index contributed by atoms with van der Waals surface area (Å²) < 4.78 is 39.1. The third-order valence-electron chi connectivity index (χ3n) is 6.58. The minimum atomic E-state index is -4.18. The number of benzene rings is 2. The third kappa shape index (κ3) is 3.62. The molecule has 31 heavy (non-hydrogen) atoms. The van der Waals surface area contributed by atoms with E-state index in [0.717, 1.165) is 42.4 Å². The Morgan fingerprint density at radius 3 is 2.35 bits per heavy atom. The molecule has 0 N–H and O–H groups in total. The lowest BCUT2D eigenvalue weighted by atomic mass is 9.73. The Balaban J connectivity index is 1.65. The first-order valence-corrected chi connectivity index (χ1v) is 13.0. The zero-order chi connectivity index (χ0) is 21.6. The molecule has 1 saturated carbocycles. The first kappa shape index (κ1) is 20.8. The molecule has 0 aromatic heterocycles. The van der Waals surface area contributed by atoms with Crippen LogP contribution in [0.1, 0.15) is 54.8 Å². The Morgan fingerprint density at radius 1 is 1.03 bits per heavy atom. The van der Waals surface area contributed by atoms with Crippen LogP contribution in [0.5, 0.6) is 0 Å². The zero-order valence-electron chi connectivity index (χ0n) is 17.3. The number of likely N-dealkylation sites (tertiary alicyclic amines) is 1. The molecule has 3 atom stereocenters. The predicted octanol–water partition coefficient (Wildman–Crippen LogP) is 4.79. The van der Waals surface area contributed by atoms with Gasteiger partial charge >= 0.3 is 15.3 Å². The van der Waals surface area contributed by atoms with E-state index in [9.17, 15) is 8.42 Å². The fourth-order valence-corrected chi connectivity index (χ4v) is 5.72. The van der Waals surface area contributed by atoms with Crippen LogP contribution in [-0.4, -0.2) is 31.5 Å². The molecule has 0 amide bonds. The van der Waals surface area contributed by atoms with Crippen molar-refractivity contribution in [2.45, 2.75) is 62.9 Å². The van der Waals surface area contributed by atoms with Gasteiger partial charge in [0.15, 0.2) is 6.10 Å². The van der Waals surface area contributed by atoms with Crippen molar-refractivity contribution in [3.63, 3.8) is 0 Å². The average Bonchev–Trinajstić information content (AvgIpc) is 3.03. The molecule has 3 unspecified atom stereocenters. The van der Waals surface area contributed by atoms with E-state index in [-0.39, 0.29) is 12.1 Å². The molecule has 1 aliphatic carbocycles. The lowest BCUT2D eigenvalue weighted by Gasteiger charge is -2.60. The van der Waals surface area contributed by atoms with Gasteiger partial charge in [-0.15, -0.1) is 0 Å². The summed E-state index contributed by atoms with van der Waals surface area (Å²) in [6.07, 6.45) is 4.96. The van der Waals surface area contributed by atoms with Gasteiger partial charge < -0.3 is 9.47 Å². The van der Waals surface area contributed by atoms with Gasteiger partial charge in [0.1, 0.15) is 0 Å².